The summed E-state index contributed by atoms with van der Waals surface area (Å²) < 4.78 is 42.1. The van der Waals surface area contributed by atoms with Gasteiger partial charge in [-0.3, -0.25) is 4.79 Å². The Labute approximate surface area is 176 Å². The van der Waals surface area contributed by atoms with Crippen molar-refractivity contribution < 1.29 is 22.5 Å². The van der Waals surface area contributed by atoms with Crippen LogP contribution in [0.25, 0.3) is 11.4 Å². The van der Waals surface area contributed by atoms with E-state index in [1.807, 2.05) is 30.3 Å². The molecule has 2 unspecified atom stereocenters. The molecule has 0 spiro atoms. The number of hydrogen-bond acceptors (Lipinski definition) is 4. The first-order valence-electron chi connectivity index (χ1n) is 9.64. The van der Waals surface area contributed by atoms with E-state index in [1.165, 1.54) is 0 Å². The van der Waals surface area contributed by atoms with Gasteiger partial charge in [-0.1, -0.05) is 65.7 Å². The molecular formula is C23H18F3N3O2. The first-order valence-corrected chi connectivity index (χ1v) is 9.64. The number of carbonyl (C=O) groups excluding carboxylic acids is 1. The van der Waals surface area contributed by atoms with Crippen molar-refractivity contribution in [3.8, 4) is 23.7 Å². The lowest BCUT2D eigenvalue weighted by molar-refractivity contribution is -0.159. The molecule has 1 saturated carbocycles. The van der Waals surface area contributed by atoms with Gasteiger partial charge in [0.05, 0.1) is 6.54 Å². The van der Waals surface area contributed by atoms with Crippen molar-refractivity contribution in [3.05, 3.63) is 71.6 Å². The summed E-state index contributed by atoms with van der Waals surface area (Å²) >= 11 is 0. The van der Waals surface area contributed by atoms with Crippen molar-refractivity contribution >= 4 is 5.91 Å². The van der Waals surface area contributed by atoms with E-state index in [4.69, 9.17) is 6.42 Å². The zero-order valence-corrected chi connectivity index (χ0v) is 16.3. The monoisotopic (exact) mass is 425 g/mol. The summed E-state index contributed by atoms with van der Waals surface area (Å²) in [5, 5.41) is 3.37. The van der Waals surface area contributed by atoms with Crippen LogP contribution in [0.5, 0.6) is 0 Å². The van der Waals surface area contributed by atoms with Crippen molar-refractivity contribution in [2.45, 2.75) is 25.1 Å². The van der Waals surface area contributed by atoms with Crippen LogP contribution in [-0.4, -0.2) is 27.5 Å². The summed E-state index contributed by atoms with van der Waals surface area (Å²) in [4.78, 5) is 18.0. The fourth-order valence-corrected chi connectivity index (χ4v) is 3.53. The molecule has 0 aliphatic heterocycles. The molecule has 2 atom stereocenters. The molecule has 4 rings (SSSR count). The van der Waals surface area contributed by atoms with E-state index < -0.39 is 12.1 Å². The van der Waals surface area contributed by atoms with Gasteiger partial charge < -0.3 is 9.42 Å². The Balaban J connectivity index is 1.43. The lowest BCUT2D eigenvalue weighted by Gasteiger charge is -2.21. The van der Waals surface area contributed by atoms with E-state index in [0.717, 1.165) is 17.5 Å². The van der Waals surface area contributed by atoms with Crippen molar-refractivity contribution in [1.82, 2.24) is 15.0 Å². The largest absolute Gasteiger partial charge is 0.471 e. The van der Waals surface area contributed by atoms with Gasteiger partial charge in [0.25, 0.3) is 0 Å². The SMILES string of the molecule is C#CCN(Cc1ccc(-c2noc(C(F)(F)F)n2)cc1)C(=O)C1CC1c1ccccc1. The number of nitrogens with zero attached hydrogens (tertiary/aromatic N) is 3. The lowest BCUT2D eigenvalue weighted by atomic mass is 10.1. The molecule has 8 heteroatoms. The van der Waals surface area contributed by atoms with Crippen LogP contribution in [-0.2, 0) is 17.5 Å². The smallest absolute Gasteiger partial charge is 0.329 e. The number of benzene rings is 2. The second kappa shape index (κ2) is 8.26. The highest BCUT2D eigenvalue weighted by Gasteiger charge is 2.45. The summed E-state index contributed by atoms with van der Waals surface area (Å²) in [5.41, 5.74) is 2.32. The maximum absolute atomic E-state index is 13.0. The van der Waals surface area contributed by atoms with Crippen molar-refractivity contribution in [2.24, 2.45) is 5.92 Å². The second-order valence-corrected chi connectivity index (χ2v) is 7.38. The van der Waals surface area contributed by atoms with Crippen molar-refractivity contribution in [1.29, 1.82) is 0 Å². The predicted molar refractivity (Wildman–Crippen MR) is 106 cm³/mol. The number of amides is 1. The number of carbonyl (C=O) groups is 1. The summed E-state index contributed by atoms with van der Waals surface area (Å²) in [6.07, 6.45) is 1.56. The highest BCUT2D eigenvalue weighted by Crippen LogP contribution is 2.48. The van der Waals surface area contributed by atoms with Gasteiger partial charge in [0.15, 0.2) is 0 Å². The van der Waals surface area contributed by atoms with Gasteiger partial charge in [-0.25, -0.2) is 0 Å². The van der Waals surface area contributed by atoms with E-state index in [-0.39, 0.29) is 30.1 Å². The molecular weight excluding hydrogens is 407 g/mol. The Hall–Kier alpha value is -3.60. The van der Waals surface area contributed by atoms with Crippen LogP contribution >= 0.6 is 0 Å². The topological polar surface area (TPSA) is 59.2 Å². The average molecular weight is 425 g/mol. The summed E-state index contributed by atoms with van der Waals surface area (Å²) in [5.74, 6) is 1.10. The molecule has 5 nitrogen and oxygen atoms in total. The number of terminal acetylenes is 1. The van der Waals surface area contributed by atoms with E-state index in [9.17, 15) is 18.0 Å². The zero-order chi connectivity index (χ0) is 22.0. The van der Waals surface area contributed by atoms with Gasteiger partial charge in [-0.15, -0.1) is 6.42 Å². The average Bonchev–Trinajstić information content (AvgIpc) is 3.40. The number of halogens is 3. The first kappa shape index (κ1) is 20.7. The third-order valence-electron chi connectivity index (χ3n) is 5.18. The van der Waals surface area contributed by atoms with Gasteiger partial charge in [0.1, 0.15) is 0 Å². The molecule has 0 bridgehead atoms. The van der Waals surface area contributed by atoms with Crippen LogP contribution in [0.3, 0.4) is 0 Å². The number of alkyl halides is 3. The van der Waals surface area contributed by atoms with E-state index in [2.05, 4.69) is 20.6 Å². The van der Waals surface area contributed by atoms with E-state index in [0.29, 0.717) is 12.1 Å². The number of rotatable bonds is 6. The van der Waals surface area contributed by atoms with Crippen LogP contribution in [0.4, 0.5) is 13.2 Å². The highest BCUT2D eigenvalue weighted by molar-refractivity contribution is 5.83. The van der Waals surface area contributed by atoms with Crippen LogP contribution in [0.1, 0.15) is 29.4 Å². The number of aromatic nitrogens is 2. The molecule has 0 saturated heterocycles. The third kappa shape index (κ3) is 4.61. The Bertz CT molecular complexity index is 1100. The molecule has 1 aliphatic carbocycles. The molecule has 0 N–H and O–H groups in total. The Morgan fingerprint density at radius 1 is 1.16 bits per heavy atom. The Morgan fingerprint density at radius 3 is 2.48 bits per heavy atom. The molecule has 1 fully saturated rings. The molecule has 1 aliphatic rings. The van der Waals surface area contributed by atoms with Gasteiger partial charge in [0.2, 0.25) is 11.7 Å². The maximum atomic E-state index is 13.0. The molecule has 158 valence electrons. The van der Waals surface area contributed by atoms with Crippen LogP contribution in [0, 0.1) is 18.3 Å². The molecule has 1 heterocycles. The van der Waals surface area contributed by atoms with Crippen molar-refractivity contribution in [2.75, 3.05) is 6.54 Å². The summed E-state index contributed by atoms with van der Waals surface area (Å²) in [6.45, 7) is 0.486. The van der Waals surface area contributed by atoms with E-state index in [1.54, 1.807) is 29.2 Å². The minimum atomic E-state index is -4.69. The molecule has 31 heavy (non-hydrogen) atoms. The minimum Gasteiger partial charge on any atom is -0.329 e. The highest BCUT2D eigenvalue weighted by atomic mass is 19.4. The van der Waals surface area contributed by atoms with Gasteiger partial charge in [-0.2, -0.15) is 18.2 Å². The molecule has 2 aromatic carbocycles. The molecule has 1 aromatic heterocycles. The summed E-state index contributed by atoms with van der Waals surface area (Å²) in [6, 6.07) is 16.5. The minimum absolute atomic E-state index is 0.00358. The lowest BCUT2D eigenvalue weighted by Crippen LogP contribution is -2.32. The second-order valence-electron chi connectivity index (χ2n) is 7.38. The summed E-state index contributed by atoms with van der Waals surface area (Å²) in [7, 11) is 0. The molecule has 0 radical (unpaired) electrons. The normalized spacial score (nSPS) is 17.7. The van der Waals surface area contributed by atoms with Crippen LogP contribution in [0.15, 0.2) is 59.1 Å². The maximum Gasteiger partial charge on any atom is 0.471 e. The quantitative estimate of drug-likeness (QED) is 0.545. The fourth-order valence-electron chi connectivity index (χ4n) is 3.53. The van der Waals surface area contributed by atoms with Crippen LogP contribution in [0.2, 0.25) is 0 Å². The van der Waals surface area contributed by atoms with Gasteiger partial charge in [-0.05, 0) is 23.5 Å². The number of hydrogen-bond donors (Lipinski definition) is 0. The standard InChI is InChI=1S/C23H18F3N3O2/c1-2-12-29(21(30)19-13-18(19)16-6-4-3-5-7-16)14-15-8-10-17(11-9-15)20-27-22(31-28-20)23(24,25)26/h1,3-11,18-19H,12-14H2. The van der Waals surface area contributed by atoms with E-state index >= 15 is 0 Å². The fraction of sp³-hybridized carbons (Fsp3) is 0.261. The Kier molecular flexibility index (Phi) is 5.51. The van der Waals surface area contributed by atoms with Crippen molar-refractivity contribution in [3.63, 3.8) is 0 Å². The third-order valence-corrected chi connectivity index (χ3v) is 5.18. The first-order chi connectivity index (χ1) is 14.9. The van der Waals surface area contributed by atoms with Crippen LogP contribution < -0.4 is 0 Å². The zero-order valence-electron chi connectivity index (χ0n) is 16.3. The van der Waals surface area contributed by atoms with Gasteiger partial charge in [0, 0.05) is 18.0 Å². The van der Waals surface area contributed by atoms with Gasteiger partial charge >= 0.3 is 12.1 Å². The molecule has 1 amide bonds. The Morgan fingerprint density at radius 2 is 1.87 bits per heavy atom. The molecule has 3 aromatic rings. The predicted octanol–water partition coefficient (Wildman–Crippen LogP) is 4.52.